The molecule has 2 unspecified atom stereocenters. The zero-order chi connectivity index (χ0) is 26.4. The molecule has 11 heteroatoms. The van der Waals surface area contributed by atoms with E-state index in [1.54, 1.807) is 43.5 Å². The van der Waals surface area contributed by atoms with Gasteiger partial charge in [0.2, 0.25) is 5.95 Å². The first-order valence-corrected chi connectivity index (χ1v) is 13.3. The molecule has 0 radical (unpaired) electrons. The van der Waals surface area contributed by atoms with Crippen LogP contribution in [0.4, 0.5) is 11.8 Å². The molecule has 2 atom stereocenters. The number of ether oxygens (including phenoxy) is 1. The Labute approximate surface area is 221 Å². The van der Waals surface area contributed by atoms with Crippen LogP contribution < -0.4 is 5.32 Å². The van der Waals surface area contributed by atoms with Gasteiger partial charge in [-0.15, -0.1) is 0 Å². The number of anilines is 2. The van der Waals surface area contributed by atoms with E-state index in [2.05, 4.69) is 31.8 Å². The van der Waals surface area contributed by atoms with Crippen LogP contribution in [0.25, 0.3) is 11.0 Å². The van der Waals surface area contributed by atoms with Crippen LogP contribution in [0.1, 0.15) is 52.6 Å². The number of rotatable bonds is 5. The van der Waals surface area contributed by atoms with Gasteiger partial charge in [-0.1, -0.05) is 12.8 Å². The Hall–Kier alpha value is -3.57. The lowest BCUT2D eigenvalue weighted by atomic mass is 10.1. The average molecular weight is 519 g/mol. The number of carbonyl (C=O) groups excluding carboxylic acids is 2. The van der Waals surface area contributed by atoms with Gasteiger partial charge in [0.25, 0.3) is 11.8 Å². The fourth-order valence-electron chi connectivity index (χ4n) is 5.95. The lowest BCUT2D eigenvalue weighted by molar-refractivity contribution is -0.124. The van der Waals surface area contributed by atoms with Crippen LogP contribution in [0.3, 0.4) is 0 Å². The third-order valence-electron chi connectivity index (χ3n) is 7.69. The number of pyridine rings is 1. The van der Waals surface area contributed by atoms with Crippen LogP contribution >= 0.6 is 0 Å². The topological polar surface area (TPSA) is 109 Å². The van der Waals surface area contributed by atoms with Crippen molar-refractivity contribution in [3.05, 3.63) is 41.9 Å². The van der Waals surface area contributed by atoms with Crippen molar-refractivity contribution in [1.29, 1.82) is 0 Å². The van der Waals surface area contributed by atoms with Crippen molar-refractivity contribution in [2.45, 2.75) is 43.9 Å². The predicted molar refractivity (Wildman–Crippen MR) is 143 cm³/mol. The Bertz CT molecular complexity index is 1330. The molecule has 3 aromatic heterocycles. The van der Waals surface area contributed by atoms with Crippen molar-refractivity contribution in [1.82, 2.24) is 34.2 Å². The van der Waals surface area contributed by atoms with Gasteiger partial charge in [-0.05, 0) is 38.1 Å². The van der Waals surface area contributed by atoms with Gasteiger partial charge >= 0.3 is 0 Å². The predicted octanol–water partition coefficient (Wildman–Crippen LogP) is 2.54. The van der Waals surface area contributed by atoms with E-state index in [-0.39, 0.29) is 30.1 Å². The molecule has 1 saturated carbocycles. The maximum atomic E-state index is 13.1. The van der Waals surface area contributed by atoms with Crippen molar-refractivity contribution in [3.8, 4) is 0 Å². The monoisotopic (exact) mass is 518 g/mol. The maximum absolute atomic E-state index is 13.1. The second-order valence-electron chi connectivity index (χ2n) is 10.9. The number of aromatic nitrogens is 4. The molecule has 0 spiro atoms. The smallest absolute Gasteiger partial charge is 0.270 e. The van der Waals surface area contributed by atoms with E-state index in [9.17, 15) is 9.59 Å². The van der Waals surface area contributed by atoms with Crippen LogP contribution in [0.15, 0.2) is 30.6 Å². The van der Waals surface area contributed by atoms with Crippen LogP contribution in [0.5, 0.6) is 0 Å². The van der Waals surface area contributed by atoms with Crippen LogP contribution in [-0.2, 0) is 4.74 Å². The summed E-state index contributed by atoms with van der Waals surface area (Å²) < 4.78 is 8.08. The molecule has 11 nitrogen and oxygen atoms in total. The van der Waals surface area contributed by atoms with Gasteiger partial charge in [0.15, 0.2) is 0 Å². The van der Waals surface area contributed by atoms with Gasteiger partial charge in [0.05, 0.1) is 17.8 Å². The first-order chi connectivity index (χ1) is 18.4. The molecule has 2 saturated heterocycles. The summed E-state index contributed by atoms with van der Waals surface area (Å²) in [5.74, 6) is 0.875. The normalized spacial score (nSPS) is 22.1. The van der Waals surface area contributed by atoms with Crippen molar-refractivity contribution in [2.24, 2.45) is 0 Å². The third kappa shape index (κ3) is 4.71. The number of carbonyl (C=O) groups is 2. The fourth-order valence-corrected chi connectivity index (χ4v) is 5.95. The molecule has 3 aliphatic rings. The van der Waals surface area contributed by atoms with Crippen molar-refractivity contribution < 1.29 is 14.3 Å². The number of nitrogens with zero attached hydrogens (tertiary/aromatic N) is 7. The number of likely N-dealkylation sites (N-methyl/N-ethyl adjacent to an activating group) is 1. The molecular formula is C27H34N8O3. The molecule has 3 aromatic rings. The van der Waals surface area contributed by atoms with E-state index in [1.807, 2.05) is 11.0 Å². The zero-order valence-corrected chi connectivity index (χ0v) is 22.1. The highest BCUT2D eigenvalue weighted by Gasteiger charge is 2.36. The molecule has 0 aromatic carbocycles. The first-order valence-electron chi connectivity index (χ1n) is 13.3. The van der Waals surface area contributed by atoms with E-state index in [0.29, 0.717) is 36.1 Å². The van der Waals surface area contributed by atoms with Gasteiger partial charge in [-0.2, -0.15) is 4.98 Å². The summed E-state index contributed by atoms with van der Waals surface area (Å²) in [5.41, 5.74) is 1.93. The Morgan fingerprint density at radius 1 is 1.03 bits per heavy atom. The van der Waals surface area contributed by atoms with Crippen LogP contribution in [0, 0.1) is 0 Å². The van der Waals surface area contributed by atoms with E-state index in [4.69, 9.17) is 9.72 Å². The lowest BCUT2D eigenvalue weighted by Gasteiger charge is -2.44. The van der Waals surface area contributed by atoms with E-state index < -0.39 is 0 Å². The summed E-state index contributed by atoms with van der Waals surface area (Å²) in [5, 5.41) is 4.00. The minimum atomic E-state index is -0.0396. The summed E-state index contributed by atoms with van der Waals surface area (Å²) in [6, 6.07) is 5.68. The summed E-state index contributed by atoms with van der Waals surface area (Å²) >= 11 is 0. The quantitative estimate of drug-likeness (QED) is 0.549. The Morgan fingerprint density at radius 3 is 2.42 bits per heavy atom. The van der Waals surface area contributed by atoms with Crippen LogP contribution in [0.2, 0.25) is 0 Å². The highest BCUT2D eigenvalue weighted by Crippen LogP contribution is 2.35. The van der Waals surface area contributed by atoms with E-state index >= 15 is 0 Å². The van der Waals surface area contributed by atoms with Gasteiger partial charge < -0.3 is 29.3 Å². The van der Waals surface area contributed by atoms with Crippen molar-refractivity contribution in [2.75, 3.05) is 52.6 Å². The van der Waals surface area contributed by atoms with E-state index in [1.165, 1.54) is 0 Å². The fraction of sp³-hybridized carbons (Fsp3) is 0.519. The molecule has 1 N–H and O–H groups in total. The Balaban J connectivity index is 1.21. The second kappa shape index (κ2) is 9.95. The summed E-state index contributed by atoms with van der Waals surface area (Å²) in [7, 11) is 5.62. The molecule has 1 aliphatic carbocycles. The summed E-state index contributed by atoms with van der Waals surface area (Å²) in [6.45, 7) is 2.85. The van der Waals surface area contributed by atoms with Gasteiger partial charge in [-0.3, -0.25) is 9.59 Å². The maximum Gasteiger partial charge on any atom is 0.270 e. The summed E-state index contributed by atoms with van der Waals surface area (Å²) in [6.07, 6.45) is 7.79. The third-order valence-corrected chi connectivity index (χ3v) is 7.69. The molecule has 38 heavy (non-hydrogen) atoms. The van der Waals surface area contributed by atoms with Crippen LogP contribution in [-0.4, -0.2) is 106 Å². The standard InChI is InChI=1S/C27H34N8O3/c1-32(2)26(37)22-10-18-12-29-27(31-24(18)35(22)19-6-4-5-7-19)30-23-9-8-17(11-28-23)25(36)34-15-20-13-33(3)14-21(16-34)38-20/h8-12,19-21H,4-7,13-16H2,1-3H3,(H,28,29,30,31). The number of fused-ring (bicyclic) bond motifs is 3. The number of hydrogen-bond acceptors (Lipinski definition) is 8. The zero-order valence-electron chi connectivity index (χ0n) is 22.1. The minimum Gasteiger partial charge on any atom is -0.369 e. The number of nitrogens with one attached hydrogen (secondary N) is 1. The molecule has 200 valence electrons. The van der Waals surface area contributed by atoms with Gasteiger partial charge in [0, 0.05) is 64.1 Å². The van der Waals surface area contributed by atoms with E-state index in [0.717, 1.165) is 49.8 Å². The molecule has 2 amide bonds. The van der Waals surface area contributed by atoms with Crippen molar-refractivity contribution in [3.63, 3.8) is 0 Å². The number of morpholine rings is 2. The molecule has 6 rings (SSSR count). The number of hydrogen-bond donors (Lipinski definition) is 1. The first kappa shape index (κ1) is 24.7. The average Bonchev–Trinajstić information content (AvgIpc) is 3.55. The second-order valence-corrected chi connectivity index (χ2v) is 10.9. The highest BCUT2D eigenvalue weighted by atomic mass is 16.5. The minimum absolute atomic E-state index is 0.0305. The Kier molecular flexibility index (Phi) is 6.48. The molecule has 5 heterocycles. The molecule has 2 aliphatic heterocycles. The number of amides is 2. The van der Waals surface area contributed by atoms with Gasteiger partial charge in [-0.25, -0.2) is 9.97 Å². The largest absolute Gasteiger partial charge is 0.369 e. The lowest BCUT2D eigenvalue weighted by Crippen LogP contribution is -2.59. The highest BCUT2D eigenvalue weighted by molar-refractivity contribution is 5.98. The summed E-state index contributed by atoms with van der Waals surface area (Å²) in [4.78, 5) is 45.5. The molecule has 3 fully saturated rings. The van der Waals surface area contributed by atoms with Gasteiger partial charge in [0.1, 0.15) is 17.2 Å². The SMILES string of the molecule is CN1CC2CN(C(=O)c3ccc(Nc4ncc5cc(C(=O)N(C)C)n(C6CCCC6)c5n4)nc3)CC(C1)O2. The molecular weight excluding hydrogens is 484 g/mol. The van der Waals surface area contributed by atoms with Crippen molar-refractivity contribution >= 4 is 34.6 Å². The Morgan fingerprint density at radius 2 is 1.76 bits per heavy atom. The molecule has 2 bridgehead atoms.